The van der Waals surface area contributed by atoms with Gasteiger partial charge in [0.2, 0.25) is 0 Å². The van der Waals surface area contributed by atoms with Crippen molar-refractivity contribution < 1.29 is 19.1 Å². The van der Waals surface area contributed by atoms with Crippen LogP contribution < -0.4 is 0 Å². The summed E-state index contributed by atoms with van der Waals surface area (Å²) < 4.78 is 4.62. The van der Waals surface area contributed by atoms with Gasteiger partial charge in [-0.3, -0.25) is 14.4 Å². The molecule has 0 aliphatic heterocycles. The standard InChI is InChI=1S/C12H17NO4/c1-6(13)8-7(14)5-12(2,3)9(10(8)15)11(16)17-4/h8-9,13H,5H2,1-4H3/t8?,9-/m0/s1. The minimum absolute atomic E-state index is 0.00981. The van der Waals surface area contributed by atoms with Crippen LogP contribution in [0.2, 0.25) is 0 Å². The fourth-order valence-corrected chi connectivity index (χ4v) is 2.37. The van der Waals surface area contributed by atoms with Gasteiger partial charge in [-0.1, -0.05) is 13.8 Å². The monoisotopic (exact) mass is 239 g/mol. The summed E-state index contributed by atoms with van der Waals surface area (Å²) >= 11 is 0. The number of rotatable bonds is 2. The molecule has 0 aromatic heterocycles. The third-order valence-electron chi connectivity index (χ3n) is 3.17. The van der Waals surface area contributed by atoms with Crippen molar-refractivity contribution in [2.45, 2.75) is 27.2 Å². The third-order valence-corrected chi connectivity index (χ3v) is 3.17. The van der Waals surface area contributed by atoms with Crippen molar-refractivity contribution in [1.82, 2.24) is 0 Å². The summed E-state index contributed by atoms with van der Waals surface area (Å²) in [6.07, 6.45) is 0.111. The number of carbonyl (C=O) groups excluding carboxylic acids is 3. The molecule has 2 atom stereocenters. The number of nitrogens with one attached hydrogen (secondary N) is 1. The van der Waals surface area contributed by atoms with Crippen LogP contribution in [0.15, 0.2) is 0 Å². The van der Waals surface area contributed by atoms with Gasteiger partial charge in [-0.15, -0.1) is 0 Å². The second-order valence-electron chi connectivity index (χ2n) is 5.11. The van der Waals surface area contributed by atoms with Gasteiger partial charge in [-0.05, 0) is 12.3 Å². The van der Waals surface area contributed by atoms with Crippen molar-refractivity contribution in [3.63, 3.8) is 0 Å². The summed E-state index contributed by atoms with van der Waals surface area (Å²) in [4.78, 5) is 35.6. The molecule has 17 heavy (non-hydrogen) atoms. The minimum Gasteiger partial charge on any atom is -0.468 e. The molecule has 94 valence electrons. The van der Waals surface area contributed by atoms with E-state index in [4.69, 9.17) is 5.41 Å². The number of hydrogen-bond acceptors (Lipinski definition) is 5. The Balaban J connectivity index is 3.18. The van der Waals surface area contributed by atoms with Crippen LogP contribution in [0.3, 0.4) is 0 Å². The Kier molecular flexibility index (Phi) is 3.50. The molecule has 1 rings (SSSR count). The van der Waals surface area contributed by atoms with Crippen LogP contribution in [0.5, 0.6) is 0 Å². The molecule has 0 radical (unpaired) electrons. The SMILES string of the molecule is COC(=O)[C@@H]1C(=O)C(C(C)=N)C(=O)CC1(C)C. The molecule has 0 bridgehead atoms. The van der Waals surface area contributed by atoms with E-state index >= 15 is 0 Å². The van der Waals surface area contributed by atoms with E-state index in [1.807, 2.05) is 0 Å². The Labute approximate surface area is 100 Å². The summed E-state index contributed by atoms with van der Waals surface area (Å²) in [7, 11) is 1.22. The lowest BCUT2D eigenvalue weighted by Gasteiger charge is -2.37. The Bertz CT molecular complexity index is 397. The van der Waals surface area contributed by atoms with Crippen molar-refractivity contribution in [3.8, 4) is 0 Å². The van der Waals surface area contributed by atoms with Crippen LogP contribution in [0, 0.1) is 22.7 Å². The highest BCUT2D eigenvalue weighted by molar-refractivity contribution is 6.25. The molecule has 0 aromatic carbocycles. The maximum Gasteiger partial charge on any atom is 0.316 e. The average molecular weight is 239 g/mol. The van der Waals surface area contributed by atoms with Gasteiger partial charge < -0.3 is 10.1 Å². The molecule has 0 spiro atoms. The van der Waals surface area contributed by atoms with Crippen molar-refractivity contribution in [2.24, 2.45) is 17.3 Å². The largest absolute Gasteiger partial charge is 0.468 e. The zero-order valence-electron chi connectivity index (χ0n) is 10.5. The van der Waals surface area contributed by atoms with Gasteiger partial charge in [-0.2, -0.15) is 0 Å². The average Bonchev–Trinajstić information content (AvgIpc) is 2.13. The predicted molar refractivity (Wildman–Crippen MR) is 60.8 cm³/mol. The first-order chi connectivity index (χ1) is 7.72. The molecule has 1 N–H and O–H groups in total. The number of ether oxygens (including phenoxy) is 1. The van der Waals surface area contributed by atoms with Crippen molar-refractivity contribution in [3.05, 3.63) is 0 Å². The van der Waals surface area contributed by atoms with E-state index in [2.05, 4.69) is 4.74 Å². The van der Waals surface area contributed by atoms with Gasteiger partial charge in [0, 0.05) is 12.1 Å². The first kappa shape index (κ1) is 13.5. The molecule has 1 aliphatic rings. The lowest BCUT2D eigenvalue weighted by molar-refractivity contribution is -0.159. The molecule has 0 amide bonds. The van der Waals surface area contributed by atoms with Gasteiger partial charge in [0.25, 0.3) is 0 Å². The first-order valence-corrected chi connectivity index (χ1v) is 5.41. The first-order valence-electron chi connectivity index (χ1n) is 5.41. The Morgan fingerprint density at radius 3 is 2.35 bits per heavy atom. The fraction of sp³-hybridized carbons (Fsp3) is 0.667. The molecular formula is C12H17NO4. The lowest BCUT2D eigenvalue weighted by atomic mass is 9.63. The summed E-state index contributed by atoms with van der Waals surface area (Å²) in [5.41, 5.74) is -0.753. The molecule has 5 nitrogen and oxygen atoms in total. The molecular weight excluding hydrogens is 222 g/mol. The third kappa shape index (κ3) is 2.28. The summed E-state index contributed by atoms with van der Waals surface area (Å²) in [5, 5.41) is 7.47. The molecule has 0 heterocycles. The zero-order valence-corrected chi connectivity index (χ0v) is 10.5. The number of carbonyl (C=O) groups is 3. The van der Waals surface area contributed by atoms with Gasteiger partial charge in [0.15, 0.2) is 5.78 Å². The summed E-state index contributed by atoms with van der Waals surface area (Å²) in [6.45, 7) is 4.80. The molecule has 5 heteroatoms. The Morgan fingerprint density at radius 2 is 1.94 bits per heavy atom. The second kappa shape index (κ2) is 4.39. The zero-order chi connectivity index (χ0) is 13.4. The fourth-order valence-electron chi connectivity index (χ4n) is 2.37. The van der Waals surface area contributed by atoms with Gasteiger partial charge in [0.1, 0.15) is 17.6 Å². The van der Waals surface area contributed by atoms with Gasteiger partial charge in [0.05, 0.1) is 7.11 Å². The second-order valence-corrected chi connectivity index (χ2v) is 5.11. The molecule has 1 unspecified atom stereocenters. The van der Waals surface area contributed by atoms with Crippen LogP contribution in [0.1, 0.15) is 27.2 Å². The summed E-state index contributed by atoms with van der Waals surface area (Å²) in [5.74, 6) is -3.46. The molecule has 1 fully saturated rings. The van der Waals surface area contributed by atoms with E-state index in [9.17, 15) is 14.4 Å². The smallest absolute Gasteiger partial charge is 0.316 e. The van der Waals surface area contributed by atoms with Crippen LogP contribution in [0.4, 0.5) is 0 Å². The van der Waals surface area contributed by atoms with E-state index in [0.717, 1.165) is 0 Å². The Hall–Kier alpha value is -1.52. The number of Topliss-reactive ketones (excluding diaryl/α,β-unsaturated/α-hetero) is 2. The van der Waals surface area contributed by atoms with Crippen molar-refractivity contribution >= 4 is 23.2 Å². The van der Waals surface area contributed by atoms with Gasteiger partial charge >= 0.3 is 5.97 Å². The predicted octanol–water partition coefficient (Wildman–Crippen LogP) is 1.000. The molecule has 0 aromatic rings. The van der Waals surface area contributed by atoms with Crippen molar-refractivity contribution in [2.75, 3.05) is 7.11 Å². The van der Waals surface area contributed by atoms with Crippen LogP contribution in [-0.4, -0.2) is 30.4 Å². The topological polar surface area (TPSA) is 84.3 Å². The highest BCUT2D eigenvalue weighted by Gasteiger charge is 2.52. The van der Waals surface area contributed by atoms with Crippen molar-refractivity contribution in [1.29, 1.82) is 5.41 Å². The van der Waals surface area contributed by atoms with Crippen LogP contribution >= 0.6 is 0 Å². The molecule has 1 aliphatic carbocycles. The van der Waals surface area contributed by atoms with Gasteiger partial charge in [-0.25, -0.2) is 0 Å². The molecule has 1 saturated carbocycles. The number of hydrogen-bond donors (Lipinski definition) is 1. The molecule has 0 saturated heterocycles. The highest BCUT2D eigenvalue weighted by atomic mass is 16.5. The van der Waals surface area contributed by atoms with E-state index in [0.29, 0.717) is 0 Å². The maximum atomic E-state index is 12.1. The van der Waals surface area contributed by atoms with E-state index in [1.165, 1.54) is 14.0 Å². The summed E-state index contributed by atoms with van der Waals surface area (Å²) in [6, 6.07) is 0. The maximum absolute atomic E-state index is 12.1. The number of esters is 1. The number of ketones is 2. The lowest BCUT2D eigenvalue weighted by Crippen LogP contribution is -2.51. The van der Waals surface area contributed by atoms with Crippen LogP contribution in [-0.2, 0) is 19.1 Å². The quantitative estimate of drug-likeness (QED) is 0.442. The van der Waals surface area contributed by atoms with E-state index in [-0.39, 0.29) is 17.9 Å². The van der Waals surface area contributed by atoms with Crippen LogP contribution in [0.25, 0.3) is 0 Å². The van der Waals surface area contributed by atoms with E-state index < -0.39 is 29.0 Å². The number of methoxy groups -OCH3 is 1. The highest BCUT2D eigenvalue weighted by Crippen LogP contribution is 2.40. The Morgan fingerprint density at radius 1 is 1.41 bits per heavy atom. The normalized spacial score (nSPS) is 27.8. The minimum atomic E-state index is -1.08. The van der Waals surface area contributed by atoms with E-state index in [1.54, 1.807) is 13.8 Å².